The molecule has 0 saturated carbocycles. The Morgan fingerprint density at radius 2 is 2.38 bits per heavy atom. The molecule has 0 atom stereocenters. The van der Waals surface area contributed by atoms with Crippen LogP contribution in [0.2, 0.25) is 0 Å². The molecule has 0 aliphatic rings. The molecule has 1 heterocycles. The Kier molecular flexibility index (Phi) is 2.63. The molecule has 0 unspecified atom stereocenters. The van der Waals surface area contributed by atoms with Crippen LogP contribution in [-0.2, 0) is 4.79 Å². The van der Waals surface area contributed by atoms with E-state index in [9.17, 15) is 4.79 Å². The second-order valence-corrected chi connectivity index (χ2v) is 2.58. The van der Waals surface area contributed by atoms with E-state index >= 15 is 0 Å². The van der Waals surface area contributed by atoms with Crippen LogP contribution in [0.5, 0.6) is 0 Å². The number of nitrogen functional groups attached to an aromatic ring is 1. The van der Waals surface area contributed by atoms with E-state index in [1.165, 1.54) is 0 Å². The highest BCUT2D eigenvalue weighted by atomic mass is 16.1. The van der Waals surface area contributed by atoms with E-state index in [-0.39, 0.29) is 12.5 Å². The summed E-state index contributed by atoms with van der Waals surface area (Å²) < 4.78 is 0. The number of nitrogens with two attached hydrogens (primary N) is 2. The predicted octanol–water partition coefficient (Wildman–Crippen LogP) is -0.736. The zero-order chi connectivity index (χ0) is 9.84. The average Bonchev–Trinajstić information content (AvgIpc) is 2.06. The molecule has 0 saturated heterocycles. The van der Waals surface area contributed by atoms with Crippen LogP contribution in [0.25, 0.3) is 0 Å². The molecule has 0 aliphatic carbocycles. The largest absolute Gasteiger partial charge is 0.368 e. The summed E-state index contributed by atoms with van der Waals surface area (Å²) in [5, 5.41) is 2.75. The molecule has 0 fully saturated rings. The zero-order valence-electron chi connectivity index (χ0n) is 7.24. The van der Waals surface area contributed by atoms with Crippen LogP contribution in [0.4, 0.5) is 11.8 Å². The first-order valence-corrected chi connectivity index (χ1v) is 3.71. The molecule has 5 N–H and O–H groups in total. The molecule has 0 spiro atoms. The minimum atomic E-state index is -0.448. The Morgan fingerprint density at radius 1 is 1.69 bits per heavy atom. The third-order valence-electron chi connectivity index (χ3n) is 1.42. The van der Waals surface area contributed by atoms with Gasteiger partial charge in [0.25, 0.3) is 0 Å². The number of hydrogen-bond donors (Lipinski definition) is 3. The molecule has 0 radical (unpaired) electrons. The van der Waals surface area contributed by atoms with Crippen molar-refractivity contribution in [2.24, 2.45) is 5.73 Å². The number of nitrogens with zero attached hydrogens (tertiary/aromatic N) is 2. The Morgan fingerprint density at radius 3 is 3.00 bits per heavy atom. The lowest BCUT2D eigenvalue weighted by Crippen LogP contribution is -2.22. The van der Waals surface area contributed by atoms with Gasteiger partial charge in [0.15, 0.2) is 0 Å². The highest BCUT2D eigenvalue weighted by Crippen LogP contribution is 2.09. The summed E-state index contributed by atoms with van der Waals surface area (Å²) in [5.74, 6) is 0.250. The van der Waals surface area contributed by atoms with Crippen molar-refractivity contribution in [3.63, 3.8) is 0 Å². The van der Waals surface area contributed by atoms with Crippen LogP contribution < -0.4 is 16.8 Å². The average molecular weight is 181 g/mol. The minimum Gasteiger partial charge on any atom is -0.368 e. The van der Waals surface area contributed by atoms with E-state index in [1.807, 2.05) is 6.92 Å². The van der Waals surface area contributed by atoms with Crippen molar-refractivity contribution in [2.45, 2.75) is 6.92 Å². The second kappa shape index (κ2) is 3.70. The van der Waals surface area contributed by atoms with E-state index in [2.05, 4.69) is 15.3 Å². The minimum absolute atomic E-state index is 0.0390. The molecule has 1 aromatic rings. The van der Waals surface area contributed by atoms with Crippen LogP contribution in [-0.4, -0.2) is 22.4 Å². The van der Waals surface area contributed by atoms with Gasteiger partial charge in [-0.05, 0) is 6.92 Å². The number of amides is 1. The molecule has 0 aromatic carbocycles. The first-order chi connectivity index (χ1) is 6.09. The summed E-state index contributed by atoms with van der Waals surface area (Å²) in [6, 6.07) is 0. The first kappa shape index (κ1) is 9.24. The summed E-state index contributed by atoms with van der Waals surface area (Å²) in [6.45, 7) is 1.85. The smallest absolute Gasteiger partial charge is 0.236 e. The maximum absolute atomic E-state index is 10.5. The number of aryl methyl sites for hydroxylation is 1. The Balaban J connectivity index is 2.75. The van der Waals surface area contributed by atoms with Crippen LogP contribution in [0, 0.1) is 6.92 Å². The third kappa shape index (κ3) is 2.58. The standard InChI is InChI=1S/C7H11N5O/c1-4-2-11-7(9)12-6(4)10-3-5(8)13/h2H,3H2,1H3,(H2,8,13)(H3,9,10,11,12). The summed E-state index contributed by atoms with van der Waals surface area (Å²) >= 11 is 0. The molecule has 13 heavy (non-hydrogen) atoms. The van der Waals surface area contributed by atoms with Gasteiger partial charge in [-0.1, -0.05) is 0 Å². The van der Waals surface area contributed by atoms with Crippen LogP contribution in [0.1, 0.15) is 5.56 Å². The number of nitrogens with one attached hydrogen (secondary N) is 1. The van der Waals surface area contributed by atoms with E-state index in [1.54, 1.807) is 6.20 Å². The molecule has 6 nitrogen and oxygen atoms in total. The lowest BCUT2D eigenvalue weighted by molar-refractivity contribution is -0.116. The topological polar surface area (TPSA) is 107 Å². The Labute approximate surface area is 75.4 Å². The van der Waals surface area contributed by atoms with Crippen molar-refractivity contribution in [3.05, 3.63) is 11.8 Å². The lowest BCUT2D eigenvalue weighted by Gasteiger charge is -2.05. The molecule has 70 valence electrons. The number of rotatable bonds is 3. The maximum atomic E-state index is 10.5. The number of hydrogen-bond acceptors (Lipinski definition) is 5. The summed E-state index contributed by atoms with van der Waals surface area (Å²) in [6.07, 6.45) is 1.58. The number of primary amides is 1. The van der Waals surface area contributed by atoms with Gasteiger partial charge in [-0.25, -0.2) is 4.98 Å². The van der Waals surface area contributed by atoms with Crippen molar-refractivity contribution in [2.75, 3.05) is 17.6 Å². The van der Waals surface area contributed by atoms with Gasteiger partial charge >= 0.3 is 0 Å². The molecule has 6 heteroatoms. The highest BCUT2D eigenvalue weighted by Gasteiger charge is 2.01. The van der Waals surface area contributed by atoms with Crippen LogP contribution in [0.3, 0.4) is 0 Å². The Hall–Kier alpha value is -1.85. The van der Waals surface area contributed by atoms with E-state index in [4.69, 9.17) is 11.5 Å². The maximum Gasteiger partial charge on any atom is 0.236 e. The number of carbonyl (C=O) groups is 1. The number of aromatic nitrogens is 2. The zero-order valence-corrected chi connectivity index (χ0v) is 7.24. The highest BCUT2D eigenvalue weighted by molar-refractivity contribution is 5.78. The molecule has 0 aliphatic heterocycles. The van der Waals surface area contributed by atoms with Gasteiger partial charge in [-0.2, -0.15) is 4.98 Å². The number of anilines is 2. The molecule has 1 rings (SSSR count). The molecule has 1 amide bonds. The summed E-state index contributed by atoms with van der Waals surface area (Å²) in [7, 11) is 0. The van der Waals surface area contributed by atoms with E-state index < -0.39 is 5.91 Å². The predicted molar refractivity (Wildman–Crippen MR) is 48.9 cm³/mol. The van der Waals surface area contributed by atoms with Gasteiger partial charge < -0.3 is 16.8 Å². The van der Waals surface area contributed by atoms with E-state index in [0.29, 0.717) is 5.82 Å². The molecular weight excluding hydrogens is 170 g/mol. The second-order valence-electron chi connectivity index (χ2n) is 2.58. The van der Waals surface area contributed by atoms with Gasteiger partial charge in [0.05, 0.1) is 6.54 Å². The third-order valence-corrected chi connectivity index (χ3v) is 1.42. The summed E-state index contributed by atoms with van der Waals surface area (Å²) in [4.78, 5) is 18.1. The van der Waals surface area contributed by atoms with Crippen molar-refractivity contribution in [1.29, 1.82) is 0 Å². The van der Waals surface area contributed by atoms with Gasteiger partial charge in [0.2, 0.25) is 11.9 Å². The molecular formula is C7H11N5O. The number of carbonyl (C=O) groups excluding carboxylic acids is 1. The quantitative estimate of drug-likeness (QED) is 0.569. The lowest BCUT2D eigenvalue weighted by atomic mass is 10.3. The van der Waals surface area contributed by atoms with Crippen molar-refractivity contribution in [1.82, 2.24) is 9.97 Å². The van der Waals surface area contributed by atoms with Crippen molar-refractivity contribution in [3.8, 4) is 0 Å². The van der Waals surface area contributed by atoms with Gasteiger partial charge in [0.1, 0.15) is 5.82 Å². The fourth-order valence-corrected chi connectivity index (χ4v) is 0.805. The molecule has 0 bridgehead atoms. The van der Waals surface area contributed by atoms with Gasteiger partial charge in [-0.3, -0.25) is 4.79 Å². The van der Waals surface area contributed by atoms with E-state index in [0.717, 1.165) is 5.56 Å². The molecule has 1 aromatic heterocycles. The van der Waals surface area contributed by atoms with Crippen LogP contribution in [0.15, 0.2) is 6.20 Å². The van der Waals surface area contributed by atoms with Gasteiger partial charge in [0, 0.05) is 11.8 Å². The van der Waals surface area contributed by atoms with Crippen molar-refractivity contribution >= 4 is 17.7 Å². The first-order valence-electron chi connectivity index (χ1n) is 3.71. The van der Waals surface area contributed by atoms with Gasteiger partial charge in [-0.15, -0.1) is 0 Å². The Bertz CT molecular complexity index is 325. The summed E-state index contributed by atoms with van der Waals surface area (Å²) in [5.41, 5.74) is 11.1. The monoisotopic (exact) mass is 181 g/mol. The normalized spacial score (nSPS) is 9.62. The fourth-order valence-electron chi connectivity index (χ4n) is 0.805. The van der Waals surface area contributed by atoms with Crippen LogP contribution >= 0.6 is 0 Å². The SMILES string of the molecule is Cc1cnc(N)nc1NCC(N)=O. The fraction of sp³-hybridized carbons (Fsp3) is 0.286. The van der Waals surface area contributed by atoms with Crippen molar-refractivity contribution < 1.29 is 4.79 Å².